The SMILES string of the molecule is C=CCCCC=CCC(C)NCCCC. The van der Waals surface area contributed by atoms with E-state index in [0.717, 1.165) is 19.4 Å². The third-order valence-electron chi connectivity index (χ3n) is 2.46. The van der Waals surface area contributed by atoms with E-state index in [2.05, 4.69) is 37.9 Å². The van der Waals surface area contributed by atoms with Gasteiger partial charge in [0, 0.05) is 6.04 Å². The van der Waals surface area contributed by atoms with Gasteiger partial charge < -0.3 is 5.32 Å². The van der Waals surface area contributed by atoms with Crippen LogP contribution in [0, 0.1) is 0 Å². The van der Waals surface area contributed by atoms with Crippen LogP contribution in [0.4, 0.5) is 0 Å². The molecule has 0 aliphatic carbocycles. The van der Waals surface area contributed by atoms with Gasteiger partial charge in [0.05, 0.1) is 0 Å². The zero-order valence-electron chi connectivity index (χ0n) is 10.5. The number of hydrogen-bond acceptors (Lipinski definition) is 1. The molecule has 88 valence electrons. The summed E-state index contributed by atoms with van der Waals surface area (Å²) in [5, 5.41) is 3.52. The topological polar surface area (TPSA) is 12.0 Å². The summed E-state index contributed by atoms with van der Waals surface area (Å²) in [6.45, 7) is 9.35. The predicted octanol–water partition coefficient (Wildman–Crippen LogP) is 4.07. The summed E-state index contributed by atoms with van der Waals surface area (Å²) < 4.78 is 0. The van der Waals surface area contributed by atoms with Crippen LogP contribution in [0.25, 0.3) is 0 Å². The molecular formula is C14H27N. The second-order valence-corrected chi connectivity index (χ2v) is 4.14. The molecule has 0 amide bonds. The van der Waals surface area contributed by atoms with Crippen LogP contribution in [0.15, 0.2) is 24.8 Å². The molecule has 0 rings (SSSR count). The first kappa shape index (κ1) is 14.4. The first-order valence-corrected chi connectivity index (χ1v) is 6.30. The van der Waals surface area contributed by atoms with Crippen LogP contribution < -0.4 is 5.32 Å². The molecule has 0 aliphatic rings. The Morgan fingerprint density at radius 1 is 1.20 bits per heavy atom. The molecule has 0 fully saturated rings. The Bertz CT molecular complexity index is 161. The maximum Gasteiger partial charge on any atom is 0.00732 e. The summed E-state index contributed by atoms with van der Waals surface area (Å²) in [4.78, 5) is 0. The van der Waals surface area contributed by atoms with Gasteiger partial charge in [0.25, 0.3) is 0 Å². The highest BCUT2D eigenvalue weighted by Gasteiger charge is 1.96. The maximum absolute atomic E-state index is 3.71. The van der Waals surface area contributed by atoms with Crippen molar-refractivity contribution in [3.8, 4) is 0 Å². The smallest absolute Gasteiger partial charge is 0.00732 e. The van der Waals surface area contributed by atoms with E-state index in [1.807, 2.05) is 6.08 Å². The monoisotopic (exact) mass is 209 g/mol. The fourth-order valence-electron chi connectivity index (χ4n) is 1.41. The largest absolute Gasteiger partial charge is 0.314 e. The van der Waals surface area contributed by atoms with Crippen molar-refractivity contribution >= 4 is 0 Å². The van der Waals surface area contributed by atoms with Crippen molar-refractivity contribution in [3.63, 3.8) is 0 Å². The third-order valence-corrected chi connectivity index (χ3v) is 2.46. The molecule has 0 aromatic carbocycles. The van der Waals surface area contributed by atoms with Crippen LogP contribution in [-0.2, 0) is 0 Å². The van der Waals surface area contributed by atoms with Crippen molar-refractivity contribution in [2.75, 3.05) is 6.54 Å². The molecular weight excluding hydrogens is 182 g/mol. The van der Waals surface area contributed by atoms with Crippen LogP contribution >= 0.6 is 0 Å². The second kappa shape index (κ2) is 11.5. The number of allylic oxidation sites excluding steroid dienone is 2. The number of nitrogens with one attached hydrogen (secondary N) is 1. The Kier molecular flexibility index (Phi) is 11.1. The Morgan fingerprint density at radius 2 is 2.00 bits per heavy atom. The molecule has 1 unspecified atom stereocenters. The van der Waals surface area contributed by atoms with Gasteiger partial charge in [-0.05, 0) is 45.6 Å². The van der Waals surface area contributed by atoms with Crippen molar-refractivity contribution in [2.24, 2.45) is 0 Å². The first-order valence-electron chi connectivity index (χ1n) is 6.30. The second-order valence-electron chi connectivity index (χ2n) is 4.14. The maximum atomic E-state index is 3.71. The van der Waals surface area contributed by atoms with E-state index in [-0.39, 0.29) is 0 Å². The summed E-state index contributed by atoms with van der Waals surface area (Å²) >= 11 is 0. The molecule has 0 aromatic rings. The molecule has 0 saturated heterocycles. The first-order chi connectivity index (χ1) is 7.31. The minimum Gasteiger partial charge on any atom is -0.314 e. The molecule has 0 radical (unpaired) electrons. The highest BCUT2D eigenvalue weighted by molar-refractivity contribution is 4.85. The fourth-order valence-corrected chi connectivity index (χ4v) is 1.41. The van der Waals surface area contributed by atoms with Gasteiger partial charge in [-0.25, -0.2) is 0 Å². The third kappa shape index (κ3) is 11.4. The molecule has 0 aromatic heterocycles. The van der Waals surface area contributed by atoms with Crippen molar-refractivity contribution < 1.29 is 0 Å². The van der Waals surface area contributed by atoms with Gasteiger partial charge in [-0.2, -0.15) is 0 Å². The number of rotatable bonds is 10. The van der Waals surface area contributed by atoms with Gasteiger partial charge >= 0.3 is 0 Å². The molecule has 0 aliphatic heterocycles. The van der Waals surface area contributed by atoms with Crippen LogP contribution in [-0.4, -0.2) is 12.6 Å². The Balaban J connectivity index is 3.27. The minimum absolute atomic E-state index is 0.618. The summed E-state index contributed by atoms with van der Waals surface area (Å²) in [6.07, 6.45) is 13.8. The lowest BCUT2D eigenvalue weighted by molar-refractivity contribution is 0.537. The van der Waals surface area contributed by atoms with Crippen molar-refractivity contribution in [1.29, 1.82) is 0 Å². The highest BCUT2D eigenvalue weighted by atomic mass is 14.9. The number of unbranched alkanes of at least 4 members (excludes halogenated alkanes) is 3. The lowest BCUT2D eigenvalue weighted by atomic mass is 10.2. The molecule has 0 heterocycles. The van der Waals surface area contributed by atoms with Crippen molar-refractivity contribution in [2.45, 2.75) is 58.4 Å². The van der Waals surface area contributed by atoms with E-state index in [0.29, 0.717) is 6.04 Å². The molecule has 1 atom stereocenters. The van der Waals surface area contributed by atoms with Gasteiger partial charge in [0.2, 0.25) is 0 Å². The molecule has 0 bridgehead atoms. The average Bonchev–Trinajstić information content (AvgIpc) is 2.23. The lowest BCUT2D eigenvalue weighted by Crippen LogP contribution is -2.26. The van der Waals surface area contributed by atoms with E-state index >= 15 is 0 Å². The van der Waals surface area contributed by atoms with Gasteiger partial charge in [-0.15, -0.1) is 6.58 Å². The van der Waals surface area contributed by atoms with E-state index in [1.165, 1.54) is 25.7 Å². The zero-order chi connectivity index (χ0) is 11.4. The van der Waals surface area contributed by atoms with Gasteiger partial charge in [0.15, 0.2) is 0 Å². The van der Waals surface area contributed by atoms with Crippen LogP contribution in [0.1, 0.15) is 52.4 Å². The van der Waals surface area contributed by atoms with Crippen molar-refractivity contribution in [1.82, 2.24) is 5.32 Å². The van der Waals surface area contributed by atoms with Gasteiger partial charge in [0.1, 0.15) is 0 Å². The average molecular weight is 209 g/mol. The molecule has 1 N–H and O–H groups in total. The van der Waals surface area contributed by atoms with Crippen LogP contribution in [0.2, 0.25) is 0 Å². The number of hydrogen-bond donors (Lipinski definition) is 1. The molecule has 0 spiro atoms. The van der Waals surface area contributed by atoms with E-state index < -0.39 is 0 Å². The molecule has 0 saturated carbocycles. The fraction of sp³-hybridized carbons (Fsp3) is 0.714. The Morgan fingerprint density at radius 3 is 2.67 bits per heavy atom. The highest BCUT2D eigenvalue weighted by Crippen LogP contribution is 1.99. The summed E-state index contributed by atoms with van der Waals surface area (Å²) in [5.41, 5.74) is 0. The van der Waals surface area contributed by atoms with E-state index in [4.69, 9.17) is 0 Å². The zero-order valence-corrected chi connectivity index (χ0v) is 10.5. The Labute approximate surface area is 95.7 Å². The minimum atomic E-state index is 0.618. The predicted molar refractivity (Wildman–Crippen MR) is 70.2 cm³/mol. The van der Waals surface area contributed by atoms with E-state index in [9.17, 15) is 0 Å². The molecule has 1 heteroatoms. The van der Waals surface area contributed by atoms with Crippen molar-refractivity contribution in [3.05, 3.63) is 24.8 Å². The molecule has 15 heavy (non-hydrogen) atoms. The van der Waals surface area contributed by atoms with E-state index in [1.54, 1.807) is 0 Å². The molecule has 1 nitrogen and oxygen atoms in total. The normalized spacial score (nSPS) is 13.2. The summed E-state index contributed by atoms with van der Waals surface area (Å²) in [6, 6.07) is 0.618. The standard InChI is InChI=1S/C14H27N/c1-4-6-8-9-10-11-12-14(3)15-13-7-5-2/h4,10-11,14-15H,1,5-9,12-13H2,2-3H3. The summed E-state index contributed by atoms with van der Waals surface area (Å²) in [7, 11) is 0. The summed E-state index contributed by atoms with van der Waals surface area (Å²) in [5.74, 6) is 0. The Hall–Kier alpha value is -0.560. The van der Waals surface area contributed by atoms with Gasteiger partial charge in [-0.3, -0.25) is 0 Å². The van der Waals surface area contributed by atoms with Crippen LogP contribution in [0.5, 0.6) is 0 Å². The quantitative estimate of drug-likeness (QED) is 0.422. The van der Waals surface area contributed by atoms with Gasteiger partial charge in [-0.1, -0.05) is 31.6 Å². The van der Waals surface area contributed by atoms with Crippen LogP contribution in [0.3, 0.4) is 0 Å². The lowest BCUT2D eigenvalue weighted by Gasteiger charge is -2.10.